The fraction of sp³-hybridized carbons (Fsp3) is 0.588. The van der Waals surface area contributed by atoms with Gasteiger partial charge < -0.3 is 10.0 Å². The number of aryl methyl sites for hydroxylation is 1. The van der Waals surface area contributed by atoms with E-state index < -0.39 is 5.60 Å². The van der Waals surface area contributed by atoms with Crippen molar-refractivity contribution in [1.82, 2.24) is 14.7 Å². The smallest absolute Gasteiger partial charge is 0.0731 e. The van der Waals surface area contributed by atoms with Gasteiger partial charge in [0.15, 0.2) is 0 Å². The number of benzene rings is 1. The molecule has 3 rings (SSSR count). The first kappa shape index (κ1) is 14.5. The van der Waals surface area contributed by atoms with Crippen LogP contribution in [0.5, 0.6) is 0 Å². The molecular formula is C17H25N3O. The van der Waals surface area contributed by atoms with Crippen LogP contribution in [0.25, 0.3) is 10.9 Å². The molecule has 0 radical (unpaired) electrons. The quantitative estimate of drug-likeness (QED) is 0.942. The summed E-state index contributed by atoms with van der Waals surface area (Å²) < 4.78 is 1.91. The molecule has 114 valence electrons. The van der Waals surface area contributed by atoms with E-state index in [1.807, 2.05) is 23.9 Å². The normalized spacial score (nSPS) is 19.5. The van der Waals surface area contributed by atoms with Crippen LogP contribution >= 0.6 is 0 Å². The van der Waals surface area contributed by atoms with E-state index >= 15 is 0 Å². The van der Waals surface area contributed by atoms with Crippen LogP contribution in [0.1, 0.15) is 32.4 Å². The van der Waals surface area contributed by atoms with Gasteiger partial charge in [-0.25, -0.2) is 0 Å². The number of nitrogens with zero attached hydrogens (tertiary/aromatic N) is 3. The standard InChI is InChI=1S/C17H25N3O/c1-13(2)20-10-8-17(21,9-11-20)12-15-14-6-4-5-7-16(14)19(3)18-15/h4-7,13,21H,8-12H2,1-3H3. The number of hydrogen-bond acceptors (Lipinski definition) is 3. The number of para-hydroxylation sites is 1. The minimum atomic E-state index is -0.609. The number of fused-ring (bicyclic) bond motifs is 1. The molecule has 2 heterocycles. The largest absolute Gasteiger partial charge is 0.389 e. The van der Waals surface area contributed by atoms with Crippen molar-refractivity contribution in [2.75, 3.05) is 13.1 Å². The second-order valence-electron chi connectivity index (χ2n) is 6.62. The van der Waals surface area contributed by atoms with E-state index in [-0.39, 0.29) is 0 Å². The molecule has 1 aromatic heterocycles. The van der Waals surface area contributed by atoms with Gasteiger partial charge >= 0.3 is 0 Å². The van der Waals surface area contributed by atoms with Crippen molar-refractivity contribution in [3.63, 3.8) is 0 Å². The van der Waals surface area contributed by atoms with Gasteiger partial charge in [-0.3, -0.25) is 4.68 Å². The van der Waals surface area contributed by atoms with Crippen molar-refractivity contribution >= 4 is 10.9 Å². The van der Waals surface area contributed by atoms with Crippen molar-refractivity contribution in [3.8, 4) is 0 Å². The molecule has 4 heteroatoms. The van der Waals surface area contributed by atoms with Crippen LogP contribution in [0.3, 0.4) is 0 Å². The predicted molar refractivity (Wildman–Crippen MR) is 85.3 cm³/mol. The molecule has 21 heavy (non-hydrogen) atoms. The van der Waals surface area contributed by atoms with E-state index in [9.17, 15) is 5.11 Å². The molecule has 0 aliphatic carbocycles. The first-order chi connectivity index (χ1) is 9.98. The highest BCUT2D eigenvalue weighted by Gasteiger charge is 2.34. The summed E-state index contributed by atoms with van der Waals surface area (Å²) in [6.45, 7) is 6.38. The first-order valence-corrected chi connectivity index (χ1v) is 7.85. The third-order valence-electron chi connectivity index (χ3n) is 4.79. The van der Waals surface area contributed by atoms with E-state index in [4.69, 9.17) is 0 Å². The van der Waals surface area contributed by atoms with E-state index in [2.05, 4.69) is 36.0 Å². The lowest BCUT2D eigenvalue weighted by atomic mass is 9.86. The van der Waals surface area contributed by atoms with Gasteiger partial charge in [-0.2, -0.15) is 5.10 Å². The topological polar surface area (TPSA) is 41.3 Å². The maximum atomic E-state index is 10.9. The molecule has 4 nitrogen and oxygen atoms in total. The van der Waals surface area contributed by atoms with Crippen molar-refractivity contribution in [2.24, 2.45) is 7.05 Å². The molecule has 0 atom stereocenters. The van der Waals surface area contributed by atoms with E-state index in [1.165, 1.54) is 5.39 Å². The Hall–Kier alpha value is -1.39. The minimum Gasteiger partial charge on any atom is -0.389 e. The highest BCUT2D eigenvalue weighted by Crippen LogP contribution is 2.29. The summed E-state index contributed by atoms with van der Waals surface area (Å²) in [4.78, 5) is 2.44. The molecular weight excluding hydrogens is 262 g/mol. The lowest BCUT2D eigenvalue weighted by molar-refractivity contribution is -0.0276. The molecule has 0 unspecified atom stereocenters. The number of piperidine rings is 1. The number of hydrogen-bond donors (Lipinski definition) is 1. The SMILES string of the molecule is CC(C)N1CCC(O)(Cc2nn(C)c3ccccc23)CC1. The van der Waals surface area contributed by atoms with E-state index in [0.717, 1.165) is 37.1 Å². The summed E-state index contributed by atoms with van der Waals surface area (Å²) in [5.41, 5.74) is 1.55. The Labute approximate surface area is 126 Å². The average molecular weight is 287 g/mol. The molecule has 0 amide bonds. The monoisotopic (exact) mass is 287 g/mol. The fourth-order valence-corrected chi connectivity index (χ4v) is 3.36. The average Bonchev–Trinajstić information content (AvgIpc) is 2.76. The molecule has 0 saturated carbocycles. The van der Waals surface area contributed by atoms with E-state index in [1.54, 1.807) is 0 Å². The Bertz CT molecular complexity index is 624. The van der Waals surface area contributed by atoms with Gasteiger partial charge in [0.05, 0.1) is 16.8 Å². The summed E-state index contributed by atoms with van der Waals surface area (Å²) in [7, 11) is 1.97. The van der Waals surface area contributed by atoms with Gasteiger partial charge in [0.2, 0.25) is 0 Å². The Morgan fingerprint density at radius 2 is 1.90 bits per heavy atom. The maximum absolute atomic E-state index is 10.9. The van der Waals surface area contributed by atoms with Gasteiger partial charge in [0.25, 0.3) is 0 Å². The molecule has 1 aromatic carbocycles. The van der Waals surface area contributed by atoms with Crippen LogP contribution in [-0.4, -0.2) is 44.5 Å². The van der Waals surface area contributed by atoms with Crippen LogP contribution in [-0.2, 0) is 13.5 Å². The van der Waals surface area contributed by atoms with Gasteiger partial charge in [0.1, 0.15) is 0 Å². The number of aromatic nitrogens is 2. The van der Waals surface area contributed by atoms with Crippen molar-refractivity contribution in [2.45, 2.75) is 44.8 Å². The zero-order valence-corrected chi connectivity index (χ0v) is 13.2. The number of likely N-dealkylation sites (tertiary alicyclic amines) is 1. The Morgan fingerprint density at radius 3 is 2.57 bits per heavy atom. The van der Waals surface area contributed by atoms with Crippen molar-refractivity contribution < 1.29 is 5.11 Å². The van der Waals surface area contributed by atoms with Crippen LogP contribution in [0, 0.1) is 0 Å². The highest BCUT2D eigenvalue weighted by atomic mass is 16.3. The van der Waals surface area contributed by atoms with E-state index in [0.29, 0.717) is 12.5 Å². The molecule has 1 fully saturated rings. The Kier molecular flexibility index (Phi) is 3.76. The van der Waals surface area contributed by atoms with Crippen molar-refractivity contribution in [3.05, 3.63) is 30.0 Å². The highest BCUT2D eigenvalue weighted by molar-refractivity contribution is 5.81. The second-order valence-corrected chi connectivity index (χ2v) is 6.62. The zero-order chi connectivity index (χ0) is 15.0. The third-order valence-corrected chi connectivity index (χ3v) is 4.79. The molecule has 2 aromatic rings. The van der Waals surface area contributed by atoms with Crippen LogP contribution in [0.4, 0.5) is 0 Å². The zero-order valence-electron chi connectivity index (χ0n) is 13.2. The van der Waals surface area contributed by atoms with Crippen LogP contribution < -0.4 is 0 Å². The number of rotatable bonds is 3. The second kappa shape index (κ2) is 5.43. The molecule has 1 saturated heterocycles. The predicted octanol–water partition coefficient (Wildman–Crippen LogP) is 2.35. The Morgan fingerprint density at radius 1 is 1.24 bits per heavy atom. The van der Waals surface area contributed by atoms with Gasteiger partial charge in [-0.1, -0.05) is 18.2 Å². The summed E-state index contributed by atoms with van der Waals surface area (Å²) >= 11 is 0. The number of aliphatic hydroxyl groups is 1. The Balaban J connectivity index is 1.79. The molecule has 1 N–H and O–H groups in total. The van der Waals surface area contributed by atoms with Crippen molar-refractivity contribution in [1.29, 1.82) is 0 Å². The maximum Gasteiger partial charge on any atom is 0.0731 e. The summed E-state index contributed by atoms with van der Waals surface area (Å²) in [6.07, 6.45) is 2.31. The summed E-state index contributed by atoms with van der Waals surface area (Å²) in [5.74, 6) is 0. The van der Waals surface area contributed by atoms with Gasteiger partial charge in [-0.15, -0.1) is 0 Å². The fourth-order valence-electron chi connectivity index (χ4n) is 3.36. The minimum absolute atomic E-state index is 0.560. The summed E-state index contributed by atoms with van der Waals surface area (Å²) in [5, 5.41) is 16.7. The lowest BCUT2D eigenvalue weighted by Gasteiger charge is -2.39. The molecule has 0 bridgehead atoms. The van der Waals surface area contributed by atoms with Gasteiger partial charge in [0, 0.05) is 38.0 Å². The first-order valence-electron chi connectivity index (χ1n) is 7.85. The summed E-state index contributed by atoms with van der Waals surface area (Å²) in [6, 6.07) is 8.81. The third kappa shape index (κ3) is 2.83. The van der Waals surface area contributed by atoms with Crippen LogP contribution in [0.15, 0.2) is 24.3 Å². The lowest BCUT2D eigenvalue weighted by Crippen LogP contribution is -2.47. The van der Waals surface area contributed by atoms with Gasteiger partial charge in [-0.05, 0) is 32.8 Å². The molecule has 1 aliphatic heterocycles. The van der Waals surface area contributed by atoms with Crippen LogP contribution in [0.2, 0.25) is 0 Å². The molecule has 0 spiro atoms. The molecule has 1 aliphatic rings.